The van der Waals surface area contributed by atoms with E-state index in [1.54, 1.807) is 13.8 Å². The minimum absolute atomic E-state index is 0. The van der Waals surface area contributed by atoms with E-state index in [4.69, 9.17) is 19.6 Å². The lowest BCUT2D eigenvalue weighted by Crippen LogP contribution is -2.48. The van der Waals surface area contributed by atoms with Gasteiger partial charge in [0.2, 0.25) is 6.04 Å². The van der Waals surface area contributed by atoms with Gasteiger partial charge >= 0.3 is 11.9 Å². The summed E-state index contributed by atoms with van der Waals surface area (Å²) in [6, 6.07) is -0.100. The van der Waals surface area contributed by atoms with Crippen molar-refractivity contribution in [3.05, 3.63) is 23.7 Å². The largest absolute Gasteiger partial charge is 0.467 e. The van der Waals surface area contributed by atoms with Gasteiger partial charge in [-0.15, -0.1) is 12.4 Å². The highest BCUT2D eigenvalue weighted by Crippen LogP contribution is 2.07. The second kappa shape index (κ2) is 9.80. The van der Waals surface area contributed by atoms with Crippen molar-refractivity contribution >= 4 is 30.3 Å². The van der Waals surface area contributed by atoms with E-state index in [1.165, 1.54) is 12.3 Å². The van der Waals surface area contributed by atoms with Gasteiger partial charge in [-0.05, 0) is 19.9 Å². The van der Waals surface area contributed by atoms with Crippen LogP contribution in [-0.2, 0) is 25.6 Å². The Labute approximate surface area is 133 Å². The normalized spacial score (nSPS) is 9.82. The van der Waals surface area contributed by atoms with Gasteiger partial charge in [-0.3, -0.25) is 4.79 Å². The number of hydrogen-bond donors (Lipinski definition) is 2. The third-order valence-corrected chi connectivity index (χ3v) is 2.44. The fourth-order valence-electron chi connectivity index (χ4n) is 1.49. The number of nitrogens with two attached hydrogens (primary N) is 1. The molecule has 1 heterocycles. The summed E-state index contributed by atoms with van der Waals surface area (Å²) in [6.45, 7) is 3.46. The summed E-state index contributed by atoms with van der Waals surface area (Å²) in [4.78, 5) is 35.4. The molecule has 1 amide bonds. The molecule has 0 unspecified atom stereocenters. The molecule has 1 rings (SSSR count). The lowest BCUT2D eigenvalue weighted by atomic mass is 10.2. The van der Waals surface area contributed by atoms with Gasteiger partial charge in [-0.1, -0.05) is 0 Å². The van der Waals surface area contributed by atoms with Crippen molar-refractivity contribution in [1.29, 1.82) is 0 Å². The first kappa shape index (κ1) is 19.9. The van der Waals surface area contributed by atoms with Crippen LogP contribution in [0.4, 0.5) is 0 Å². The van der Waals surface area contributed by atoms with Crippen molar-refractivity contribution in [2.24, 2.45) is 5.73 Å². The number of carbonyl (C=O) groups is 3. The van der Waals surface area contributed by atoms with E-state index < -0.39 is 23.9 Å². The quantitative estimate of drug-likeness (QED) is 0.546. The number of esters is 2. The van der Waals surface area contributed by atoms with Crippen molar-refractivity contribution in [1.82, 2.24) is 5.32 Å². The summed E-state index contributed by atoms with van der Waals surface area (Å²) in [5.74, 6) is -2.02. The summed E-state index contributed by atoms with van der Waals surface area (Å²) in [6.07, 6.45) is 1.19. The maximum Gasteiger partial charge on any atom is 0.340 e. The lowest BCUT2D eigenvalue weighted by Gasteiger charge is -2.15. The predicted molar refractivity (Wildman–Crippen MR) is 78.4 cm³/mol. The van der Waals surface area contributed by atoms with Crippen LogP contribution >= 0.6 is 12.4 Å². The maximum absolute atomic E-state index is 12.0. The Kier molecular flexibility index (Phi) is 8.88. The molecule has 8 nitrogen and oxygen atoms in total. The third-order valence-electron chi connectivity index (χ3n) is 2.44. The van der Waals surface area contributed by atoms with Crippen molar-refractivity contribution in [2.75, 3.05) is 13.2 Å². The lowest BCUT2D eigenvalue weighted by molar-refractivity contribution is -0.157. The van der Waals surface area contributed by atoms with Gasteiger partial charge in [0.05, 0.1) is 25.3 Å². The molecule has 22 heavy (non-hydrogen) atoms. The highest BCUT2D eigenvalue weighted by atomic mass is 35.5. The SMILES string of the molecule is CCOC(=O)C(NC(=O)c1coc(CN)c1)C(=O)OCC.Cl. The predicted octanol–water partition coefficient (Wildman–Crippen LogP) is 0.385. The first-order valence-corrected chi connectivity index (χ1v) is 6.45. The molecule has 0 aliphatic heterocycles. The highest BCUT2D eigenvalue weighted by molar-refractivity contribution is 6.05. The Morgan fingerprint density at radius 3 is 2.18 bits per heavy atom. The van der Waals surface area contributed by atoms with Gasteiger partial charge < -0.3 is 24.9 Å². The van der Waals surface area contributed by atoms with Crippen LogP contribution in [0.25, 0.3) is 0 Å². The van der Waals surface area contributed by atoms with Crippen LogP contribution in [0.2, 0.25) is 0 Å². The third kappa shape index (κ3) is 5.38. The molecular weight excluding hydrogens is 316 g/mol. The van der Waals surface area contributed by atoms with Crippen LogP contribution in [0.1, 0.15) is 30.0 Å². The number of halogens is 1. The molecule has 3 N–H and O–H groups in total. The van der Waals surface area contributed by atoms with Crippen molar-refractivity contribution in [3.8, 4) is 0 Å². The summed E-state index contributed by atoms with van der Waals surface area (Å²) < 4.78 is 14.5. The number of nitrogens with one attached hydrogen (secondary N) is 1. The Hall–Kier alpha value is -2.06. The monoisotopic (exact) mass is 334 g/mol. The number of rotatable bonds is 7. The van der Waals surface area contributed by atoms with E-state index in [0.29, 0.717) is 5.76 Å². The molecule has 0 aliphatic rings. The average molecular weight is 335 g/mol. The smallest absolute Gasteiger partial charge is 0.340 e. The molecule has 9 heteroatoms. The second-order valence-corrected chi connectivity index (χ2v) is 3.92. The molecule has 0 saturated carbocycles. The molecule has 124 valence electrons. The summed E-state index contributed by atoms with van der Waals surface area (Å²) in [5, 5.41) is 2.25. The van der Waals surface area contributed by atoms with Crippen molar-refractivity contribution in [3.63, 3.8) is 0 Å². The summed E-state index contributed by atoms with van der Waals surface area (Å²) in [7, 11) is 0. The van der Waals surface area contributed by atoms with Gasteiger partial charge in [0, 0.05) is 0 Å². The molecule has 0 radical (unpaired) electrons. The average Bonchev–Trinajstić information content (AvgIpc) is 2.93. The van der Waals surface area contributed by atoms with Gasteiger partial charge in [0.15, 0.2) is 0 Å². The number of amides is 1. The molecule has 0 saturated heterocycles. The van der Waals surface area contributed by atoms with E-state index in [-0.39, 0.29) is 37.7 Å². The molecular formula is C13H19ClN2O6. The Morgan fingerprint density at radius 1 is 1.23 bits per heavy atom. The van der Waals surface area contributed by atoms with Crippen LogP contribution in [0.5, 0.6) is 0 Å². The van der Waals surface area contributed by atoms with Crippen LogP contribution in [-0.4, -0.2) is 37.1 Å². The van der Waals surface area contributed by atoms with Gasteiger partial charge in [-0.25, -0.2) is 9.59 Å². The highest BCUT2D eigenvalue weighted by Gasteiger charge is 2.31. The van der Waals surface area contributed by atoms with Gasteiger partial charge in [0.25, 0.3) is 5.91 Å². The minimum atomic E-state index is -1.52. The molecule has 0 atom stereocenters. The summed E-state index contributed by atoms with van der Waals surface area (Å²) in [5.41, 5.74) is 5.51. The van der Waals surface area contributed by atoms with Crippen LogP contribution in [0.3, 0.4) is 0 Å². The zero-order valence-corrected chi connectivity index (χ0v) is 13.1. The minimum Gasteiger partial charge on any atom is -0.467 e. The zero-order chi connectivity index (χ0) is 15.8. The van der Waals surface area contributed by atoms with E-state index >= 15 is 0 Å². The Balaban J connectivity index is 0.00000441. The first-order chi connectivity index (χ1) is 10.0. The molecule has 0 bridgehead atoms. The fraction of sp³-hybridized carbons (Fsp3) is 0.462. The van der Waals surface area contributed by atoms with E-state index in [0.717, 1.165) is 0 Å². The van der Waals surface area contributed by atoms with E-state index in [1.807, 2.05) is 0 Å². The molecule has 0 fully saturated rings. The van der Waals surface area contributed by atoms with Crippen LogP contribution in [0, 0.1) is 0 Å². The van der Waals surface area contributed by atoms with Gasteiger partial charge in [0.1, 0.15) is 12.0 Å². The van der Waals surface area contributed by atoms with E-state index in [9.17, 15) is 14.4 Å². The Morgan fingerprint density at radius 2 is 1.77 bits per heavy atom. The molecule has 0 aliphatic carbocycles. The number of hydrogen-bond acceptors (Lipinski definition) is 7. The van der Waals surface area contributed by atoms with Crippen molar-refractivity contribution in [2.45, 2.75) is 26.4 Å². The van der Waals surface area contributed by atoms with Crippen molar-refractivity contribution < 1.29 is 28.3 Å². The fourth-order valence-corrected chi connectivity index (χ4v) is 1.49. The standard InChI is InChI=1S/C13H18N2O6.ClH/c1-3-19-12(17)10(13(18)20-4-2)15-11(16)8-5-9(6-14)21-7-8;/h5,7,10H,3-4,6,14H2,1-2H3,(H,15,16);1H. The number of carbonyl (C=O) groups excluding carboxylic acids is 3. The molecule has 0 aromatic carbocycles. The number of furan rings is 1. The topological polar surface area (TPSA) is 121 Å². The maximum atomic E-state index is 12.0. The molecule has 0 spiro atoms. The molecule has 1 aromatic rings. The summed E-state index contributed by atoms with van der Waals surface area (Å²) >= 11 is 0. The van der Waals surface area contributed by atoms with Crippen LogP contribution in [0.15, 0.2) is 16.7 Å². The van der Waals surface area contributed by atoms with Gasteiger partial charge in [-0.2, -0.15) is 0 Å². The Bertz CT molecular complexity index is 498. The zero-order valence-electron chi connectivity index (χ0n) is 12.3. The number of ether oxygens (including phenoxy) is 2. The van der Waals surface area contributed by atoms with Crippen LogP contribution < -0.4 is 11.1 Å². The van der Waals surface area contributed by atoms with E-state index in [2.05, 4.69) is 5.32 Å². The second-order valence-electron chi connectivity index (χ2n) is 3.92. The first-order valence-electron chi connectivity index (χ1n) is 6.45. The molecule has 1 aromatic heterocycles.